The first-order valence-corrected chi connectivity index (χ1v) is 2.48. The van der Waals surface area contributed by atoms with Crippen molar-refractivity contribution < 1.29 is 14.2 Å². The second kappa shape index (κ2) is 2.79. The maximum atomic E-state index is 12.1. The van der Waals surface area contributed by atoms with Crippen molar-refractivity contribution in [1.82, 2.24) is 0 Å². The Morgan fingerprint density at radius 2 is 2.38 bits per heavy atom. The van der Waals surface area contributed by atoms with E-state index in [0.29, 0.717) is 13.0 Å². The Morgan fingerprint density at radius 1 is 1.50 bits per heavy atom. The first-order valence-electron chi connectivity index (χ1n) is 2.48. The van der Waals surface area contributed by atoms with Crippen LogP contribution in [0.25, 0.3) is 0 Å². The lowest BCUT2D eigenvalue weighted by Crippen LogP contribution is -1.90. The Hall–Kier alpha value is -0.410. The minimum absolute atomic E-state index is 0.150. The van der Waals surface area contributed by atoms with Crippen LogP contribution in [0.4, 0.5) is 4.39 Å². The van der Waals surface area contributed by atoms with Crippen molar-refractivity contribution in [2.75, 3.05) is 13.2 Å². The quantitative estimate of drug-likeness (QED) is 0.445. The van der Waals surface area contributed by atoms with Crippen LogP contribution >= 0.6 is 0 Å². The summed E-state index contributed by atoms with van der Waals surface area (Å²) in [6.45, 7) is 0.550. The molecule has 1 aliphatic heterocycles. The number of halogens is 1. The van der Waals surface area contributed by atoms with Gasteiger partial charge in [0, 0.05) is 6.42 Å². The first-order chi connectivity index (χ1) is 3.89. The van der Waals surface area contributed by atoms with Gasteiger partial charge in [-0.2, -0.15) is 0 Å². The molecule has 0 radical (unpaired) electrons. The van der Waals surface area contributed by atoms with Crippen LogP contribution in [0, 0.1) is 0 Å². The van der Waals surface area contributed by atoms with Gasteiger partial charge >= 0.3 is 0 Å². The molecular weight excluding hydrogens is 111 g/mol. The largest absolute Gasteiger partial charge is 0.236 e. The van der Waals surface area contributed by atoms with Gasteiger partial charge in [0.05, 0.1) is 6.61 Å². The summed E-state index contributed by atoms with van der Waals surface area (Å²) in [6, 6.07) is 0. The minimum Gasteiger partial charge on any atom is -0.236 e. The summed E-state index contributed by atoms with van der Waals surface area (Å²) in [4.78, 5) is 8.92. The van der Waals surface area contributed by atoms with Crippen molar-refractivity contribution >= 4 is 0 Å². The molecule has 0 atom stereocenters. The summed E-state index contributed by atoms with van der Waals surface area (Å²) < 4.78 is 12.1. The van der Waals surface area contributed by atoms with Crippen LogP contribution in [0.15, 0.2) is 11.9 Å². The van der Waals surface area contributed by atoms with Crippen molar-refractivity contribution in [3.8, 4) is 0 Å². The number of rotatable bonds is 0. The molecule has 0 bridgehead atoms. The van der Waals surface area contributed by atoms with E-state index in [0.717, 1.165) is 0 Å². The van der Waals surface area contributed by atoms with Crippen LogP contribution in [0.3, 0.4) is 0 Å². The topological polar surface area (TPSA) is 18.5 Å². The Kier molecular flexibility index (Phi) is 2.00. The van der Waals surface area contributed by atoms with E-state index in [2.05, 4.69) is 9.78 Å². The summed E-state index contributed by atoms with van der Waals surface area (Å²) in [5.41, 5.74) is 0. The Labute approximate surface area is 46.8 Å². The fraction of sp³-hybridized carbons (Fsp3) is 0.600. The van der Waals surface area contributed by atoms with Crippen molar-refractivity contribution in [2.24, 2.45) is 0 Å². The lowest BCUT2D eigenvalue weighted by molar-refractivity contribution is -0.282. The van der Waals surface area contributed by atoms with Crippen molar-refractivity contribution in [3.63, 3.8) is 0 Å². The Morgan fingerprint density at radius 3 is 3.25 bits per heavy atom. The summed E-state index contributed by atoms with van der Waals surface area (Å²) in [5, 5.41) is 0. The smallest absolute Gasteiger partial charge is 0.103 e. The highest BCUT2D eigenvalue weighted by molar-refractivity contribution is 4.91. The second-order valence-electron chi connectivity index (χ2n) is 1.51. The van der Waals surface area contributed by atoms with Gasteiger partial charge in [-0.05, 0) is 6.08 Å². The van der Waals surface area contributed by atoms with E-state index in [-0.39, 0.29) is 12.4 Å². The SMILES string of the molecule is FC1=CCOOCC1. The van der Waals surface area contributed by atoms with E-state index >= 15 is 0 Å². The third kappa shape index (κ3) is 1.60. The molecule has 0 aromatic carbocycles. The van der Waals surface area contributed by atoms with E-state index in [1.165, 1.54) is 6.08 Å². The maximum absolute atomic E-state index is 12.1. The third-order valence-corrected chi connectivity index (χ3v) is 0.880. The zero-order chi connectivity index (χ0) is 5.82. The average molecular weight is 118 g/mol. The molecule has 0 unspecified atom stereocenters. The highest BCUT2D eigenvalue weighted by Crippen LogP contribution is 2.05. The monoisotopic (exact) mass is 118 g/mol. The molecule has 0 aromatic heterocycles. The van der Waals surface area contributed by atoms with Crippen LogP contribution in [0.2, 0.25) is 0 Å². The Bertz CT molecular complexity index is 101. The molecule has 0 N–H and O–H groups in total. The van der Waals surface area contributed by atoms with Gasteiger partial charge in [-0.3, -0.25) is 0 Å². The van der Waals surface area contributed by atoms with E-state index in [4.69, 9.17) is 0 Å². The maximum Gasteiger partial charge on any atom is 0.103 e. The van der Waals surface area contributed by atoms with E-state index in [9.17, 15) is 4.39 Å². The van der Waals surface area contributed by atoms with Crippen LogP contribution in [0.5, 0.6) is 0 Å². The van der Waals surface area contributed by atoms with Gasteiger partial charge < -0.3 is 0 Å². The van der Waals surface area contributed by atoms with Gasteiger partial charge in [-0.1, -0.05) is 0 Å². The summed E-state index contributed by atoms with van der Waals surface area (Å²) in [6.07, 6.45) is 1.70. The third-order valence-electron chi connectivity index (χ3n) is 0.880. The van der Waals surface area contributed by atoms with E-state index in [1.807, 2.05) is 0 Å². The van der Waals surface area contributed by atoms with Gasteiger partial charge in [-0.15, -0.1) is 0 Å². The zero-order valence-corrected chi connectivity index (χ0v) is 4.39. The average Bonchev–Trinajstić information content (AvgIpc) is 1.94. The fourth-order valence-corrected chi connectivity index (χ4v) is 0.473. The number of hydrogen-bond donors (Lipinski definition) is 0. The van der Waals surface area contributed by atoms with Gasteiger partial charge in [0.2, 0.25) is 0 Å². The molecule has 0 spiro atoms. The fourth-order valence-electron chi connectivity index (χ4n) is 0.473. The highest BCUT2D eigenvalue weighted by Gasteiger charge is 1.99. The Balaban J connectivity index is 2.36. The molecule has 2 nitrogen and oxygen atoms in total. The van der Waals surface area contributed by atoms with Crippen LogP contribution in [-0.2, 0) is 9.78 Å². The number of hydrogen-bond acceptors (Lipinski definition) is 2. The molecule has 0 aromatic rings. The molecule has 0 saturated heterocycles. The normalized spacial score (nSPS) is 21.9. The van der Waals surface area contributed by atoms with Crippen LogP contribution < -0.4 is 0 Å². The van der Waals surface area contributed by atoms with Crippen molar-refractivity contribution in [1.29, 1.82) is 0 Å². The molecule has 0 fully saturated rings. The standard InChI is InChI=1S/C5H7FO2/c6-5-1-3-7-8-4-2-5/h1H,2-4H2. The molecule has 0 amide bonds. The van der Waals surface area contributed by atoms with Crippen molar-refractivity contribution in [2.45, 2.75) is 6.42 Å². The predicted octanol–water partition coefficient (Wildman–Crippen LogP) is 1.19. The molecule has 3 heteroatoms. The van der Waals surface area contributed by atoms with E-state index in [1.54, 1.807) is 0 Å². The zero-order valence-electron chi connectivity index (χ0n) is 4.39. The van der Waals surface area contributed by atoms with E-state index < -0.39 is 0 Å². The molecule has 1 aliphatic rings. The van der Waals surface area contributed by atoms with Crippen LogP contribution in [-0.4, -0.2) is 13.2 Å². The predicted molar refractivity (Wildman–Crippen MR) is 25.7 cm³/mol. The molecule has 1 rings (SSSR count). The molecule has 1 heterocycles. The summed E-state index contributed by atoms with van der Waals surface area (Å²) in [7, 11) is 0. The summed E-state index contributed by atoms with van der Waals surface area (Å²) in [5.74, 6) is -0.150. The second-order valence-corrected chi connectivity index (χ2v) is 1.51. The lowest BCUT2D eigenvalue weighted by atomic mass is 10.4. The van der Waals surface area contributed by atoms with Crippen LogP contribution in [0.1, 0.15) is 6.42 Å². The van der Waals surface area contributed by atoms with Gasteiger partial charge in [0.15, 0.2) is 0 Å². The molecule has 0 saturated carbocycles. The van der Waals surface area contributed by atoms with Gasteiger partial charge in [0.25, 0.3) is 0 Å². The lowest BCUT2D eigenvalue weighted by Gasteiger charge is -1.92. The van der Waals surface area contributed by atoms with Crippen molar-refractivity contribution in [3.05, 3.63) is 11.9 Å². The first kappa shape index (κ1) is 5.72. The molecule has 46 valence electrons. The minimum atomic E-state index is -0.150. The van der Waals surface area contributed by atoms with Gasteiger partial charge in [-0.25, -0.2) is 14.2 Å². The molecular formula is C5H7FO2. The molecule has 8 heavy (non-hydrogen) atoms. The highest BCUT2D eigenvalue weighted by atomic mass is 19.1. The van der Waals surface area contributed by atoms with Gasteiger partial charge in [0.1, 0.15) is 12.4 Å². The summed E-state index contributed by atoms with van der Waals surface area (Å²) >= 11 is 0. The molecule has 0 aliphatic carbocycles.